The average molecular weight is 369 g/mol. The molecule has 4 rings (SSSR count). The van der Waals surface area contributed by atoms with Crippen molar-refractivity contribution in [1.29, 1.82) is 0 Å². The Morgan fingerprint density at radius 1 is 1.11 bits per heavy atom. The lowest BCUT2D eigenvalue weighted by atomic mass is 10.2. The smallest absolute Gasteiger partial charge is 0.274 e. The number of carbonyl (C=O) groups is 2. The maximum atomic E-state index is 12.7. The summed E-state index contributed by atoms with van der Waals surface area (Å²) in [5.41, 5.74) is 0.673. The molecule has 1 saturated heterocycles. The lowest BCUT2D eigenvalue weighted by Crippen LogP contribution is -2.38. The Morgan fingerprint density at radius 2 is 1.96 bits per heavy atom. The Balaban J connectivity index is 1.39. The van der Waals surface area contributed by atoms with Crippen LogP contribution in [0.4, 0.5) is 0 Å². The van der Waals surface area contributed by atoms with Gasteiger partial charge in [-0.25, -0.2) is 9.67 Å². The van der Waals surface area contributed by atoms with Crippen LogP contribution >= 0.6 is 0 Å². The maximum Gasteiger partial charge on any atom is 0.274 e. The summed E-state index contributed by atoms with van der Waals surface area (Å²) in [6.45, 7) is 1.19. The monoisotopic (exact) mass is 369 g/mol. The van der Waals surface area contributed by atoms with Crippen LogP contribution in [0.15, 0.2) is 24.8 Å². The highest BCUT2D eigenvalue weighted by atomic mass is 16.2. The Kier molecular flexibility index (Phi) is 5.08. The number of hydrogen-bond acceptors (Lipinski definition) is 6. The normalized spacial score (nSPS) is 20.1. The van der Waals surface area contributed by atoms with Gasteiger partial charge in [0.1, 0.15) is 5.69 Å². The van der Waals surface area contributed by atoms with Gasteiger partial charge in [0.05, 0.1) is 25.0 Å². The molecule has 0 spiro atoms. The number of nitrogens with one attached hydrogen (secondary N) is 1. The summed E-state index contributed by atoms with van der Waals surface area (Å²) in [4.78, 5) is 34.8. The number of amides is 2. The molecule has 2 aromatic rings. The minimum atomic E-state index is -0.174. The zero-order valence-electron chi connectivity index (χ0n) is 15.1. The predicted octanol–water partition coefficient (Wildman–Crippen LogP) is 1.05. The van der Waals surface area contributed by atoms with Crippen molar-refractivity contribution in [3.8, 4) is 0 Å². The minimum absolute atomic E-state index is 0.00643. The van der Waals surface area contributed by atoms with Crippen molar-refractivity contribution < 1.29 is 9.59 Å². The third-order valence-corrected chi connectivity index (χ3v) is 5.28. The fraction of sp³-hybridized carbons (Fsp3) is 0.556. The van der Waals surface area contributed by atoms with E-state index in [9.17, 15) is 9.59 Å². The summed E-state index contributed by atoms with van der Waals surface area (Å²) >= 11 is 0. The van der Waals surface area contributed by atoms with E-state index in [-0.39, 0.29) is 23.9 Å². The second-order valence-electron chi connectivity index (χ2n) is 7.17. The van der Waals surface area contributed by atoms with Crippen LogP contribution in [0.5, 0.6) is 0 Å². The van der Waals surface area contributed by atoms with Gasteiger partial charge in [0, 0.05) is 25.0 Å². The molecule has 1 aliphatic carbocycles. The number of likely N-dealkylation sites (tertiary alicyclic amines) is 1. The molecule has 9 nitrogen and oxygen atoms in total. The molecule has 142 valence electrons. The molecule has 2 fully saturated rings. The molecule has 2 amide bonds. The van der Waals surface area contributed by atoms with E-state index >= 15 is 0 Å². The molecule has 2 aliphatic rings. The number of hydrogen-bond donors (Lipinski definition) is 1. The lowest BCUT2D eigenvalue weighted by molar-refractivity contribution is 0.0714. The van der Waals surface area contributed by atoms with Gasteiger partial charge in [-0.1, -0.05) is 18.1 Å². The predicted molar refractivity (Wildman–Crippen MR) is 95.8 cm³/mol. The molecule has 0 unspecified atom stereocenters. The van der Waals surface area contributed by atoms with Gasteiger partial charge < -0.3 is 10.2 Å². The van der Waals surface area contributed by atoms with Crippen LogP contribution in [-0.2, 0) is 6.54 Å². The molecule has 0 bridgehead atoms. The molecule has 1 N–H and O–H groups in total. The average Bonchev–Trinajstić information content (AvgIpc) is 3.44. The van der Waals surface area contributed by atoms with Crippen LogP contribution in [-0.4, -0.2) is 60.3 Å². The van der Waals surface area contributed by atoms with Gasteiger partial charge in [-0.3, -0.25) is 14.6 Å². The second kappa shape index (κ2) is 7.81. The Bertz CT molecular complexity index is 801. The van der Waals surface area contributed by atoms with Crippen LogP contribution in [0.2, 0.25) is 0 Å². The van der Waals surface area contributed by atoms with Crippen molar-refractivity contribution in [1.82, 2.24) is 35.2 Å². The van der Waals surface area contributed by atoms with Crippen LogP contribution in [0.3, 0.4) is 0 Å². The van der Waals surface area contributed by atoms with Crippen LogP contribution in [0.25, 0.3) is 0 Å². The quantitative estimate of drug-likeness (QED) is 0.844. The summed E-state index contributed by atoms with van der Waals surface area (Å²) in [5.74, 6) is -0.294. The molecule has 0 radical (unpaired) electrons. The van der Waals surface area contributed by atoms with Gasteiger partial charge in [0.25, 0.3) is 11.8 Å². The zero-order chi connectivity index (χ0) is 18.6. The van der Waals surface area contributed by atoms with E-state index in [4.69, 9.17) is 0 Å². The summed E-state index contributed by atoms with van der Waals surface area (Å²) in [6, 6.07) is 0.254. The standard InChI is InChI=1S/C18H23N7O2/c26-17(21-13-4-1-2-5-13)16-12-24(23-22-16)11-14-6-3-9-25(14)18(27)15-10-19-7-8-20-15/h7-8,10,12-14H,1-6,9,11H2,(H,21,26)/t14-/m0/s1. The highest BCUT2D eigenvalue weighted by Gasteiger charge is 2.31. The van der Waals surface area contributed by atoms with Crippen molar-refractivity contribution in [3.63, 3.8) is 0 Å². The van der Waals surface area contributed by atoms with Gasteiger partial charge in [0.15, 0.2) is 5.69 Å². The molecular weight excluding hydrogens is 346 g/mol. The fourth-order valence-electron chi connectivity index (χ4n) is 3.89. The zero-order valence-corrected chi connectivity index (χ0v) is 15.1. The highest BCUT2D eigenvalue weighted by molar-refractivity contribution is 5.92. The first-order valence-electron chi connectivity index (χ1n) is 9.48. The molecule has 1 saturated carbocycles. The molecule has 1 aliphatic heterocycles. The number of nitrogens with zero attached hydrogens (tertiary/aromatic N) is 6. The van der Waals surface area contributed by atoms with Gasteiger partial charge in [-0.05, 0) is 25.7 Å². The van der Waals surface area contributed by atoms with E-state index in [2.05, 4.69) is 25.6 Å². The van der Waals surface area contributed by atoms with E-state index in [0.29, 0.717) is 24.5 Å². The van der Waals surface area contributed by atoms with Crippen molar-refractivity contribution in [2.45, 2.75) is 57.2 Å². The van der Waals surface area contributed by atoms with E-state index in [1.54, 1.807) is 17.1 Å². The Hall–Kier alpha value is -2.84. The minimum Gasteiger partial charge on any atom is -0.348 e. The third-order valence-electron chi connectivity index (χ3n) is 5.28. The van der Waals surface area contributed by atoms with Crippen molar-refractivity contribution in [3.05, 3.63) is 36.2 Å². The van der Waals surface area contributed by atoms with Gasteiger partial charge >= 0.3 is 0 Å². The third kappa shape index (κ3) is 3.96. The lowest BCUT2D eigenvalue weighted by Gasteiger charge is -2.23. The molecule has 1 atom stereocenters. The molecular formula is C18H23N7O2. The Morgan fingerprint density at radius 3 is 2.74 bits per heavy atom. The topological polar surface area (TPSA) is 106 Å². The van der Waals surface area contributed by atoms with Gasteiger partial charge in [-0.2, -0.15) is 0 Å². The van der Waals surface area contributed by atoms with Crippen LogP contribution < -0.4 is 5.32 Å². The van der Waals surface area contributed by atoms with E-state index < -0.39 is 0 Å². The SMILES string of the molecule is O=C(NC1CCCC1)c1cn(C[C@@H]2CCCN2C(=O)c2cnccn2)nn1. The fourth-order valence-corrected chi connectivity index (χ4v) is 3.89. The van der Waals surface area contributed by atoms with E-state index in [1.165, 1.54) is 12.4 Å². The summed E-state index contributed by atoms with van der Waals surface area (Å²) in [6.07, 6.45) is 12.4. The number of aromatic nitrogens is 5. The van der Waals surface area contributed by atoms with Crippen molar-refractivity contribution >= 4 is 11.8 Å². The van der Waals surface area contributed by atoms with Crippen molar-refractivity contribution in [2.75, 3.05) is 6.54 Å². The molecule has 2 aromatic heterocycles. The summed E-state index contributed by atoms with van der Waals surface area (Å²) < 4.78 is 1.65. The first-order valence-corrected chi connectivity index (χ1v) is 9.48. The van der Waals surface area contributed by atoms with E-state index in [1.807, 2.05) is 4.90 Å². The first-order chi connectivity index (χ1) is 13.2. The summed E-state index contributed by atoms with van der Waals surface area (Å²) in [5, 5.41) is 11.1. The number of carbonyl (C=O) groups excluding carboxylic acids is 2. The van der Waals surface area contributed by atoms with Crippen molar-refractivity contribution in [2.24, 2.45) is 0 Å². The number of rotatable bonds is 5. The highest BCUT2D eigenvalue weighted by Crippen LogP contribution is 2.21. The molecule has 9 heteroatoms. The summed E-state index contributed by atoms with van der Waals surface area (Å²) in [7, 11) is 0. The second-order valence-corrected chi connectivity index (χ2v) is 7.17. The first kappa shape index (κ1) is 17.6. The van der Waals surface area contributed by atoms with Crippen LogP contribution in [0, 0.1) is 0 Å². The van der Waals surface area contributed by atoms with Gasteiger partial charge in [0.2, 0.25) is 0 Å². The maximum absolute atomic E-state index is 12.7. The molecule has 3 heterocycles. The molecule has 27 heavy (non-hydrogen) atoms. The largest absolute Gasteiger partial charge is 0.348 e. The molecule has 0 aromatic carbocycles. The Labute approximate surface area is 157 Å². The van der Waals surface area contributed by atoms with Crippen LogP contribution in [0.1, 0.15) is 59.5 Å². The van der Waals surface area contributed by atoms with E-state index in [0.717, 1.165) is 38.5 Å². The van der Waals surface area contributed by atoms with Gasteiger partial charge in [-0.15, -0.1) is 5.10 Å².